The van der Waals surface area contributed by atoms with Gasteiger partial charge in [0.1, 0.15) is 12.3 Å². The number of carbonyl (C=O) groups is 2. The lowest BCUT2D eigenvalue weighted by Crippen LogP contribution is -2.46. The van der Waals surface area contributed by atoms with Crippen LogP contribution in [0.15, 0.2) is 66.7 Å². The van der Waals surface area contributed by atoms with Gasteiger partial charge in [-0.15, -0.1) is 10.2 Å². The third-order valence-electron chi connectivity index (χ3n) is 7.27. The van der Waals surface area contributed by atoms with Gasteiger partial charge in [-0.3, -0.25) is 9.59 Å². The Kier molecular flexibility index (Phi) is 8.68. The number of aromatic nitrogens is 2. The minimum Gasteiger partial charge on any atom is -0.497 e. The number of carbonyl (C=O) groups excluding carboxylic acids is 2. The number of methoxy groups -OCH3 is 1. The van der Waals surface area contributed by atoms with E-state index in [0.717, 1.165) is 48.6 Å². The molecule has 2 aliphatic rings. The van der Waals surface area contributed by atoms with Crippen LogP contribution in [0.5, 0.6) is 5.75 Å². The first-order valence-electron chi connectivity index (χ1n) is 13.6. The Balaban J connectivity index is 1.21. The third-order valence-corrected chi connectivity index (χ3v) is 7.27. The van der Waals surface area contributed by atoms with Crippen molar-refractivity contribution in [2.75, 3.05) is 57.9 Å². The highest BCUT2D eigenvalue weighted by Gasteiger charge is 2.28. The second-order valence-electron chi connectivity index (χ2n) is 9.92. The molecule has 39 heavy (non-hydrogen) atoms. The van der Waals surface area contributed by atoms with Gasteiger partial charge >= 0.3 is 0 Å². The molecule has 2 saturated heterocycles. The molecular weight excluding hydrogens is 494 g/mol. The molecule has 0 bridgehead atoms. The summed E-state index contributed by atoms with van der Waals surface area (Å²) in [5.74, 6) is 1.38. The van der Waals surface area contributed by atoms with Crippen molar-refractivity contribution in [3.8, 4) is 17.0 Å². The lowest BCUT2D eigenvalue weighted by molar-refractivity contribution is -0.132. The summed E-state index contributed by atoms with van der Waals surface area (Å²) >= 11 is 0. The summed E-state index contributed by atoms with van der Waals surface area (Å²) < 4.78 is 11.1. The molecule has 3 heterocycles. The number of anilines is 1. The molecule has 9 nitrogen and oxygen atoms in total. The molecule has 1 unspecified atom stereocenters. The van der Waals surface area contributed by atoms with E-state index in [-0.39, 0.29) is 24.5 Å². The monoisotopic (exact) mass is 529 g/mol. The molecule has 9 heteroatoms. The summed E-state index contributed by atoms with van der Waals surface area (Å²) in [4.78, 5) is 32.4. The summed E-state index contributed by atoms with van der Waals surface area (Å²) in [5.41, 5.74) is 2.30. The van der Waals surface area contributed by atoms with Gasteiger partial charge in [0, 0.05) is 50.5 Å². The number of rotatable bonds is 8. The van der Waals surface area contributed by atoms with Gasteiger partial charge in [0.25, 0.3) is 5.91 Å². The highest BCUT2D eigenvalue weighted by molar-refractivity contribution is 5.96. The van der Waals surface area contributed by atoms with Crippen molar-refractivity contribution in [1.29, 1.82) is 0 Å². The van der Waals surface area contributed by atoms with Crippen LogP contribution in [0.3, 0.4) is 0 Å². The van der Waals surface area contributed by atoms with Gasteiger partial charge in [0.05, 0.1) is 18.9 Å². The first-order valence-corrected chi connectivity index (χ1v) is 13.6. The fourth-order valence-corrected chi connectivity index (χ4v) is 5.11. The van der Waals surface area contributed by atoms with Gasteiger partial charge in [-0.25, -0.2) is 0 Å². The summed E-state index contributed by atoms with van der Waals surface area (Å²) in [6, 6.07) is 20.8. The van der Waals surface area contributed by atoms with E-state index in [1.165, 1.54) is 0 Å². The number of hydrogen-bond acceptors (Lipinski definition) is 7. The largest absolute Gasteiger partial charge is 0.497 e. The van der Waals surface area contributed by atoms with Gasteiger partial charge in [-0.05, 0) is 55.7 Å². The number of amides is 2. The predicted molar refractivity (Wildman–Crippen MR) is 149 cm³/mol. The Morgan fingerprint density at radius 3 is 2.59 bits per heavy atom. The fourth-order valence-electron chi connectivity index (χ4n) is 5.11. The molecule has 0 N–H and O–H groups in total. The zero-order chi connectivity index (χ0) is 27.0. The van der Waals surface area contributed by atoms with Crippen LogP contribution in [0.2, 0.25) is 0 Å². The van der Waals surface area contributed by atoms with Crippen LogP contribution in [-0.2, 0) is 9.53 Å². The maximum atomic E-state index is 13.4. The lowest BCUT2D eigenvalue weighted by atomic mass is 10.1. The van der Waals surface area contributed by atoms with Crippen molar-refractivity contribution >= 4 is 17.6 Å². The fraction of sp³-hybridized carbons (Fsp3) is 0.400. The molecule has 204 valence electrons. The van der Waals surface area contributed by atoms with Crippen molar-refractivity contribution in [2.45, 2.75) is 25.4 Å². The second kappa shape index (κ2) is 12.7. The van der Waals surface area contributed by atoms with Gasteiger partial charge in [-0.1, -0.05) is 30.3 Å². The van der Waals surface area contributed by atoms with E-state index in [2.05, 4.69) is 15.1 Å². The van der Waals surface area contributed by atoms with E-state index < -0.39 is 0 Å². The zero-order valence-corrected chi connectivity index (χ0v) is 22.4. The van der Waals surface area contributed by atoms with E-state index in [9.17, 15) is 9.59 Å². The maximum absolute atomic E-state index is 13.4. The van der Waals surface area contributed by atoms with Crippen molar-refractivity contribution < 1.29 is 19.1 Å². The standard InChI is InChI=1S/C30H35N5O4/c1-38-25-11-5-10-24(20-25)27-13-14-28(32-31-27)33-15-7-16-34(18-17-33)29(36)22-35(21-26-12-6-19-39-26)30(37)23-8-3-2-4-9-23/h2-5,8-11,13-14,20,26H,6-7,12,15-19,21-22H2,1H3. The quantitative estimate of drug-likeness (QED) is 0.441. The molecule has 0 radical (unpaired) electrons. The molecule has 3 aromatic rings. The van der Waals surface area contributed by atoms with Crippen molar-refractivity contribution in [3.63, 3.8) is 0 Å². The van der Waals surface area contributed by atoms with Crippen LogP contribution in [0.4, 0.5) is 5.82 Å². The molecule has 2 aromatic carbocycles. The predicted octanol–water partition coefficient (Wildman–Crippen LogP) is 3.51. The smallest absolute Gasteiger partial charge is 0.254 e. The molecule has 5 rings (SSSR count). The van der Waals surface area contributed by atoms with E-state index >= 15 is 0 Å². The minimum absolute atomic E-state index is 0.0244. The average Bonchev–Trinajstić information content (AvgIpc) is 3.38. The average molecular weight is 530 g/mol. The lowest BCUT2D eigenvalue weighted by Gasteiger charge is -2.28. The minimum atomic E-state index is -0.137. The Labute approximate surface area is 229 Å². The number of benzene rings is 2. The van der Waals surface area contributed by atoms with Crippen LogP contribution >= 0.6 is 0 Å². The Morgan fingerprint density at radius 1 is 0.974 bits per heavy atom. The van der Waals surface area contributed by atoms with E-state index in [4.69, 9.17) is 9.47 Å². The van der Waals surface area contributed by atoms with Gasteiger partial charge in [-0.2, -0.15) is 0 Å². The molecule has 0 spiro atoms. The van der Waals surface area contributed by atoms with Crippen LogP contribution in [0, 0.1) is 0 Å². The topological polar surface area (TPSA) is 88.1 Å². The number of nitrogens with zero attached hydrogens (tertiary/aromatic N) is 5. The summed E-state index contributed by atoms with van der Waals surface area (Å²) in [6.45, 7) is 3.80. The van der Waals surface area contributed by atoms with Crippen LogP contribution in [-0.4, -0.2) is 90.9 Å². The van der Waals surface area contributed by atoms with E-state index in [0.29, 0.717) is 38.3 Å². The van der Waals surface area contributed by atoms with Crippen LogP contribution in [0.25, 0.3) is 11.3 Å². The van der Waals surface area contributed by atoms with Crippen molar-refractivity contribution in [3.05, 3.63) is 72.3 Å². The highest BCUT2D eigenvalue weighted by Crippen LogP contribution is 2.23. The zero-order valence-electron chi connectivity index (χ0n) is 22.4. The molecule has 1 atom stereocenters. The number of ether oxygens (including phenoxy) is 2. The first kappa shape index (κ1) is 26.6. The first-order chi connectivity index (χ1) is 19.1. The van der Waals surface area contributed by atoms with E-state index in [1.54, 1.807) is 24.1 Å². The highest BCUT2D eigenvalue weighted by atomic mass is 16.5. The summed E-state index contributed by atoms with van der Waals surface area (Å²) in [7, 11) is 1.64. The van der Waals surface area contributed by atoms with E-state index in [1.807, 2.05) is 59.5 Å². The van der Waals surface area contributed by atoms with Gasteiger partial charge < -0.3 is 24.2 Å². The SMILES string of the molecule is COc1cccc(-c2ccc(N3CCCN(C(=O)CN(CC4CCCO4)C(=O)c4ccccc4)CC3)nn2)c1. The molecule has 0 aliphatic carbocycles. The summed E-state index contributed by atoms with van der Waals surface area (Å²) in [6.07, 6.45) is 2.67. The van der Waals surface area contributed by atoms with Gasteiger partial charge in [0.2, 0.25) is 5.91 Å². The molecule has 2 amide bonds. The second-order valence-corrected chi connectivity index (χ2v) is 9.92. The molecule has 1 aromatic heterocycles. The molecular formula is C30H35N5O4. The summed E-state index contributed by atoms with van der Waals surface area (Å²) in [5, 5.41) is 8.91. The normalized spacial score (nSPS) is 17.5. The van der Waals surface area contributed by atoms with Crippen LogP contribution in [0.1, 0.15) is 29.6 Å². The van der Waals surface area contributed by atoms with Crippen molar-refractivity contribution in [1.82, 2.24) is 20.0 Å². The van der Waals surface area contributed by atoms with Crippen molar-refractivity contribution in [2.24, 2.45) is 0 Å². The Hall–Kier alpha value is -3.98. The van der Waals surface area contributed by atoms with Gasteiger partial charge in [0.15, 0.2) is 5.82 Å². The number of hydrogen-bond donors (Lipinski definition) is 0. The van der Waals surface area contributed by atoms with Crippen LogP contribution < -0.4 is 9.64 Å². The maximum Gasteiger partial charge on any atom is 0.254 e. The molecule has 2 fully saturated rings. The Bertz CT molecular complexity index is 1250. The Morgan fingerprint density at radius 2 is 1.85 bits per heavy atom. The molecule has 2 aliphatic heterocycles. The third kappa shape index (κ3) is 6.72. The molecule has 0 saturated carbocycles.